The Kier molecular flexibility index (Phi) is 7.64. The summed E-state index contributed by atoms with van der Waals surface area (Å²) in [5.41, 5.74) is 0.553. The van der Waals surface area contributed by atoms with Crippen LogP contribution in [0.25, 0.3) is 0 Å². The SMILES string of the molecule is CN(C(=O)OC(C)(C)C)[C@H](CS(=O)(=O)c1ccc(Oc2ccccc2)cc1)C(=O)NO. The van der Waals surface area contributed by atoms with Crippen molar-refractivity contribution >= 4 is 21.8 Å². The topological polar surface area (TPSA) is 122 Å². The second-order valence-electron chi connectivity index (χ2n) is 7.75. The number of para-hydroxylation sites is 1. The maximum Gasteiger partial charge on any atom is 0.410 e. The number of amides is 2. The van der Waals surface area contributed by atoms with Crippen LogP contribution in [0.1, 0.15) is 20.8 Å². The van der Waals surface area contributed by atoms with E-state index in [1.807, 2.05) is 18.2 Å². The fourth-order valence-electron chi connectivity index (χ4n) is 2.54. The van der Waals surface area contributed by atoms with Gasteiger partial charge < -0.3 is 9.47 Å². The highest BCUT2D eigenvalue weighted by molar-refractivity contribution is 7.91. The zero-order valence-electron chi connectivity index (χ0n) is 17.7. The quantitative estimate of drug-likeness (QED) is 0.491. The Hall–Kier alpha value is -3.11. The summed E-state index contributed by atoms with van der Waals surface area (Å²) in [6, 6.07) is 13.1. The number of carbonyl (C=O) groups is 2. The number of benzene rings is 2. The third-order valence-corrected chi connectivity index (χ3v) is 5.85. The third kappa shape index (κ3) is 6.97. The largest absolute Gasteiger partial charge is 0.457 e. The van der Waals surface area contributed by atoms with E-state index in [0.717, 1.165) is 4.90 Å². The highest BCUT2D eigenvalue weighted by Gasteiger charge is 2.34. The van der Waals surface area contributed by atoms with Gasteiger partial charge in [0, 0.05) is 7.05 Å². The molecule has 0 aromatic heterocycles. The summed E-state index contributed by atoms with van der Waals surface area (Å²) in [6.45, 7) is 4.90. The van der Waals surface area contributed by atoms with Crippen molar-refractivity contribution in [2.75, 3.05) is 12.8 Å². The van der Waals surface area contributed by atoms with Crippen LogP contribution >= 0.6 is 0 Å². The molecule has 168 valence electrons. The molecule has 0 bridgehead atoms. The van der Waals surface area contributed by atoms with Crippen LogP contribution in [-0.2, 0) is 19.4 Å². The van der Waals surface area contributed by atoms with E-state index in [1.54, 1.807) is 32.9 Å². The molecule has 2 rings (SSSR count). The molecule has 2 N–H and O–H groups in total. The molecule has 2 amide bonds. The van der Waals surface area contributed by atoms with Crippen molar-refractivity contribution in [3.63, 3.8) is 0 Å². The molecule has 0 fully saturated rings. The predicted molar refractivity (Wildman–Crippen MR) is 113 cm³/mol. The molecule has 0 aliphatic carbocycles. The monoisotopic (exact) mass is 450 g/mol. The zero-order chi connectivity index (χ0) is 23.2. The van der Waals surface area contributed by atoms with E-state index in [-0.39, 0.29) is 4.90 Å². The van der Waals surface area contributed by atoms with Crippen LogP contribution in [0.5, 0.6) is 11.5 Å². The molecule has 0 radical (unpaired) electrons. The van der Waals surface area contributed by atoms with Crippen LogP contribution in [0, 0.1) is 0 Å². The lowest BCUT2D eigenvalue weighted by Gasteiger charge is -2.29. The summed E-state index contributed by atoms with van der Waals surface area (Å²) < 4.78 is 36.5. The lowest BCUT2D eigenvalue weighted by atomic mass is 10.2. The number of hydrogen-bond donors (Lipinski definition) is 2. The fraction of sp³-hybridized carbons (Fsp3) is 0.333. The van der Waals surface area contributed by atoms with E-state index in [4.69, 9.17) is 14.7 Å². The Labute approximate surface area is 181 Å². The Bertz CT molecular complexity index is 1000. The van der Waals surface area contributed by atoms with Crippen LogP contribution in [0.15, 0.2) is 59.5 Å². The maximum atomic E-state index is 12.9. The van der Waals surface area contributed by atoms with Crippen LogP contribution in [0.2, 0.25) is 0 Å². The second-order valence-corrected chi connectivity index (χ2v) is 9.79. The first kappa shape index (κ1) is 24.2. The Morgan fingerprint density at radius 2 is 1.58 bits per heavy atom. The van der Waals surface area contributed by atoms with Crippen LogP contribution in [-0.4, -0.2) is 55.0 Å². The second kappa shape index (κ2) is 9.80. The van der Waals surface area contributed by atoms with Gasteiger partial charge in [-0.3, -0.25) is 14.9 Å². The number of hydrogen-bond acceptors (Lipinski definition) is 7. The molecular weight excluding hydrogens is 424 g/mol. The van der Waals surface area contributed by atoms with E-state index in [9.17, 15) is 18.0 Å². The van der Waals surface area contributed by atoms with Gasteiger partial charge in [0.1, 0.15) is 23.1 Å². The van der Waals surface area contributed by atoms with Gasteiger partial charge in [0.15, 0.2) is 9.84 Å². The summed E-state index contributed by atoms with van der Waals surface area (Å²) in [5.74, 6) is -0.785. The molecule has 9 nitrogen and oxygen atoms in total. The molecule has 2 aromatic carbocycles. The van der Waals surface area contributed by atoms with Crippen molar-refractivity contribution in [1.29, 1.82) is 0 Å². The summed E-state index contributed by atoms with van der Waals surface area (Å²) in [6.07, 6.45) is -0.900. The van der Waals surface area contributed by atoms with Gasteiger partial charge in [-0.25, -0.2) is 18.7 Å². The van der Waals surface area contributed by atoms with Crippen molar-refractivity contribution in [2.24, 2.45) is 0 Å². The van der Waals surface area contributed by atoms with Gasteiger partial charge in [-0.05, 0) is 57.2 Å². The highest BCUT2D eigenvalue weighted by atomic mass is 32.2. The van der Waals surface area contributed by atoms with E-state index in [1.165, 1.54) is 36.8 Å². The van der Waals surface area contributed by atoms with E-state index in [2.05, 4.69) is 0 Å². The zero-order valence-corrected chi connectivity index (χ0v) is 18.5. The highest BCUT2D eigenvalue weighted by Crippen LogP contribution is 2.24. The number of carbonyl (C=O) groups excluding carboxylic acids is 2. The molecule has 0 unspecified atom stereocenters. The Morgan fingerprint density at radius 1 is 1.03 bits per heavy atom. The Morgan fingerprint density at radius 3 is 2.10 bits per heavy atom. The van der Waals surface area contributed by atoms with Crippen LogP contribution < -0.4 is 10.2 Å². The summed E-state index contributed by atoms with van der Waals surface area (Å²) >= 11 is 0. The summed E-state index contributed by atoms with van der Waals surface area (Å²) in [4.78, 5) is 25.2. The van der Waals surface area contributed by atoms with Crippen LogP contribution in [0.4, 0.5) is 4.79 Å². The number of sulfone groups is 1. The average molecular weight is 451 g/mol. The molecule has 0 aliphatic heterocycles. The standard InChI is InChI=1S/C21H26N2O7S/c1-21(2,3)30-20(25)23(4)18(19(24)22-26)14-31(27,28)17-12-10-16(11-13-17)29-15-8-6-5-7-9-15/h5-13,18,26H,14H2,1-4H3,(H,22,24)/t18-/m1/s1. The third-order valence-electron chi connectivity index (χ3n) is 4.10. The van der Waals surface area contributed by atoms with E-state index >= 15 is 0 Å². The minimum atomic E-state index is -4.00. The number of hydroxylamine groups is 1. The van der Waals surface area contributed by atoms with Crippen molar-refractivity contribution in [3.8, 4) is 11.5 Å². The minimum Gasteiger partial charge on any atom is -0.457 e. The minimum absolute atomic E-state index is 0.0683. The number of rotatable bonds is 7. The lowest BCUT2D eigenvalue weighted by molar-refractivity contribution is -0.133. The first-order chi connectivity index (χ1) is 14.4. The van der Waals surface area contributed by atoms with Gasteiger partial charge in [0.2, 0.25) is 0 Å². The number of nitrogens with one attached hydrogen (secondary N) is 1. The molecule has 0 saturated carbocycles. The molecule has 1 atom stereocenters. The maximum absolute atomic E-state index is 12.9. The molecule has 0 saturated heterocycles. The van der Waals surface area contributed by atoms with Gasteiger partial charge in [-0.2, -0.15) is 0 Å². The normalized spacial score (nSPS) is 12.5. The number of nitrogens with zero attached hydrogens (tertiary/aromatic N) is 1. The van der Waals surface area contributed by atoms with E-state index < -0.39 is 39.2 Å². The lowest BCUT2D eigenvalue weighted by Crippen LogP contribution is -2.51. The molecule has 10 heteroatoms. The molecular formula is C21H26N2O7S. The van der Waals surface area contributed by atoms with Gasteiger partial charge in [0.25, 0.3) is 5.91 Å². The van der Waals surface area contributed by atoms with Gasteiger partial charge in [-0.1, -0.05) is 18.2 Å². The summed E-state index contributed by atoms with van der Waals surface area (Å²) in [7, 11) is -2.78. The Balaban J connectivity index is 2.19. The van der Waals surface area contributed by atoms with Crippen LogP contribution in [0.3, 0.4) is 0 Å². The van der Waals surface area contributed by atoms with E-state index in [0.29, 0.717) is 11.5 Å². The number of ether oxygens (including phenoxy) is 2. The van der Waals surface area contributed by atoms with Crippen molar-refractivity contribution in [3.05, 3.63) is 54.6 Å². The molecule has 2 aromatic rings. The number of likely N-dealkylation sites (N-methyl/N-ethyl adjacent to an activating group) is 1. The molecule has 0 heterocycles. The smallest absolute Gasteiger partial charge is 0.410 e. The van der Waals surface area contributed by atoms with Crippen molar-refractivity contribution in [1.82, 2.24) is 10.4 Å². The molecule has 0 aliphatic rings. The average Bonchev–Trinajstić information content (AvgIpc) is 2.71. The van der Waals surface area contributed by atoms with Crippen molar-refractivity contribution in [2.45, 2.75) is 37.3 Å². The van der Waals surface area contributed by atoms with Gasteiger partial charge in [0.05, 0.1) is 10.6 Å². The molecule has 0 spiro atoms. The van der Waals surface area contributed by atoms with Gasteiger partial charge >= 0.3 is 6.09 Å². The molecule has 31 heavy (non-hydrogen) atoms. The first-order valence-corrected chi connectivity index (χ1v) is 11.0. The predicted octanol–water partition coefficient (Wildman–Crippen LogP) is 2.99. The first-order valence-electron chi connectivity index (χ1n) is 9.38. The fourth-order valence-corrected chi connectivity index (χ4v) is 4.08. The van der Waals surface area contributed by atoms with Gasteiger partial charge in [-0.15, -0.1) is 0 Å². The van der Waals surface area contributed by atoms with Crippen molar-refractivity contribution < 1.29 is 32.7 Å². The summed E-state index contributed by atoms with van der Waals surface area (Å²) in [5, 5.41) is 9.02.